The average molecular weight is 289 g/mol. The summed E-state index contributed by atoms with van der Waals surface area (Å²) in [5, 5.41) is 0. The van der Waals surface area contributed by atoms with Gasteiger partial charge in [0.2, 0.25) is 6.10 Å². The first-order valence-corrected chi connectivity index (χ1v) is 7.30. The number of hydrogen-bond donors (Lipinski definition) is 0. The normalized spacial score (nSPS) is 21.8. The number of cyclic esters (lactones) is 1. The number of carbonyl (C=O) groups excluding carboxylic acids is 2. The number of esters is 2. The Morgan fingerprint density at radius 1 is 1.38 bits per heavy atom. The van der Waals surface area contributed by atoms with Crippen molar-refractivity contribution in [2.24, 2.45) is 0 Å². The summed E-state index contributed by atoms with van der Waals surface area (Å²) >= 11 is 0. The number of ether oxygens (including phenoxy) is 2. The van der Waals surface area contributed by atoms with Crippen LogP contribution in [0.15, 0.2) is 12.1 Å². The number of nitrogens with zero attached hydrogens (tertiary/aromatic N) is 1. The van der Waals surface area contributed by atoms with Crippen LogP contribution in [0.4, 0.5) is 0 Å². The molecule has 1 aromatic heterocycles. The zero-order chi connectivity index (χ0) is 15.0. The van der Waals surface area contributed by atoms with Crippen LogP contribution in [0.25, 0.3) is 6.08 Å². The molecule has 0 spiro atoms. The van der Waals surface area contributed by atoms with Crippen molar-refractivity contribution in [1.82, 2.24) is 4.57 Å². The number of aromatic nitrogens is 1. The van der Waals surface area contributed by atoms with E-state index in [0.717, 1.165) is 5.56 Å². The highest BCUT2D eigenvalue weighted by Crippen LogP contribution is 2.38. The Kier molecular flexibility index (Phi) is 3.57. The van der Waals surface area contributed by atoms with Crippen LogP contribution in [0.1, 0.15) is 42.3 Å². The van der Waals surface area contributed by atoms with Gasteiger partial charge in [-0.2, -0.15) is 0 Å². The molecule has 0 bridgehead atoms. The summed E-state index contributed by atoms with van der Waals surface area (Å²) in [7, 11) is 0. The fourth-order valence-corrected chi connectivity index (χ4v) is 2.79. The summed E-state index contributed by atoms with van der Waals surface area (Å²) in [6.45, 7) is 4.46. The molecular weight excluding hydrogens is 270 g/mol. The third-order valence-electron chi connectivity index (χ3n) is 3.98. The Balaban J connectivity index is 1.67. The van der Waals surface area contributed by atoms with Gasteiger partial charge in [-0.3, -0.25) is 0 Å². The third kappa shape index (κ3) is 2.86. The fourth-order valence-electron chi connectivity index (χ4n) is 2.79. The highest BCUT2D eigenvalue weighted by Gasteiger charge is 2.29. The van der Waals surface area contributed by atoms with Gasteiger partial charge in [0, 0.05) is 29.9 Å². The Bertz CT molecular complexity index is 610. The minimum atomic E-state index is -0.749. The van der Waals surface area contributed by atoms with Crippen LogP contribution in [0, 0.1) is 13.8 Å². The molecule has 112 valence electrons. The van der Waals surface area contributed by atoms with Crippen LogP contribution in [0.5, 0.6) is 0 Å². The first-order valence-electron chi connectivity index (χ1n) is 7.30. The van der Waals surface area contributed by atoms with Gasteiger partial charge in [0.1, 0.15) is 0 Å². The molecular formula is C16H19NO4. The van der Waals surface area contributed by atoms with Crippen molar-refractivity contribution in [3.63, 3.8) is 0 Å². The third-order valence-corrected chi connectivity index (χ3v) is 3.98. The van der Waals surface area contributed by atoms with Crippen LogP contribution < -0.4 is 0 Å². The molecule has 0 N–H and O–H groups in total. The van der Waals surface area contributed by atoms with Crippen LogP contribution in [-0.4, -0.2) is 29.2 Å². The maximum atomic E-state index is 11.7. The summed E-state index contributed by atoms with van der Waals surface area (Å²) in [4.78, 5) is 23.0. The van der Waals surface area contributed by atoms with E-state index in [-0.39, 0.29) is 0 Å². The standard InChI is InChI=1S/C16H19NO4/c1-10-9-12(11(2)17(10)13-4-5-13)3-6-15(18)21-14-7-8-20-16(14)19/h3,6,9,13-14H,4-5,7-8H2,1-2H3/b6-3+/t14-/m0/s1. The van der Waals surface area contributed by atoms with Gasteiger partial charge in [0.15, 0.2) is 0 Å². The van der Waals surface area contributed by atoms with E-state index in [9.17, 15) is 9.59 Å². The van der Waals surface area contributed by atoms with Crippen molar-refractivity contribution < 1.29 is 19.1 Å². The molecule has 1 saturated carbocycles. The number of rotatable bonds is 4. The van der Waals surface area contributed by atoms with E-state index in [4.69, 9.17) is 9.47 Å². The lowest BCUT2D eigenvalue weighted by Crippen LogP contribution is -2.21. The highest BCUT2D eigenvalue weighted by molar-refractivity contribution is 5.89. The van der Waals surface area contributed by atoms with E-state index in [2.05, 4.69) is 24.5 Å². The number of hydrogen-bond acceptors (Lipinski definition) is 4. The molecule has 1 saturated heterocycles. The Morgan fingerprint density at radius 2 is 2.14 bits per heavy atom. The molecule has 1 aliphatic carbocycles. The SMILES string of the molecule is Cc1cc(/C=C/C(=O)O[C@H]2CCOC2=O)c(C)n1C1CC1. The number of aryl methyl sites for hydroxylation is 1. The zero-order valence-electron chi connectivity index (χ0n) is 12.3. The fraction of sp³-hybridized carbons (Fsp3) is 0.500. The molecule has 2 fully saturated rings. The van der Waals surface area contributed by atoms with Crippen LogP contribution >= 0.6 is 0 Å². The number of carbonyl (C=O) groups is 2. The second-order valence-electron chi connectivity index (χ2n) is 5.64. The highest BCUT2D eigenvalue weighted by atomic mass is 16.6. The topological polar surface area (TPSA) is 57.5 Å². The predicted octanol–water partition coefficient (Wildman–Crippen LogP) is 2.31. The summed E-state index contributed by atoms with van der Waals surface area (Å²) in [5.74, 6) is -0.960. The van der Waals surface area contributed by atoms with Crippen molar-refractivity contribution in [3.05, 3.63) is 29.1 Å². The van der Waals surface area contributed by atoms with Crippen molar-refractivity contribution in [2.75, 3.05) is 6.61 Å². The minimum Gasteiger partial charge on any atom is -0.463 e. The lowest BCUT2D eigenvalue weighted by Gasteiger charge is -2.07. The smallest absolute Gasteiger partial charge is 0.347 e. The van der Waals surface area contributed by atoms with Crippen LogP contribution in [0.3, 0.4) is 0 Å². The van der Waals surface area contributed by atoms with Crippen molar-refractivity contribution in [3.8, 4) is 0 Å². The lowest BCUT2D eigenvalue weighted by molar-refractivity contribution is -0.156. The Labute approximate surface area is 123 Å². The summed E-state index contributed by atoms with van der Waals surface area (Å²) in [5.41, 5.74) is 3.40. The van der Waals surface area contributed by atoms with Crippen molar-refractivity contribution in [2.45, 2.75) is 45.3 Å². The summed E-state index contributed by atoms with van der Waals surface area (Å²) in [6, 6.07) is 2.69. The molecule has 2 heterocycles. The second kappa shape index (κ2) is 5.39. The van der Waals surface area contributed by atoms with Gasteiger partial charge in [0.25, 0.3) is 0 Å². The van der Waals surface area contributed by atoms with Gasteiger partial charge in [-0.15, -0.1) is 0 Å². The second-order valence-corrected chi connectivity index (χ2v) is 5.64. The van der Waals surface area contributed by atoms with Crippen LogP contribution in [0.2, 0.25) is 0 Å². The molecule has 2 aliphatic rings. The molecule has 3 rings (SSSR count). The molecule has 1 aliphatic heterocycles. The molecule has 0 amide bonds. The van der Waals surface area contributed by atoms with Gasteiger partial charge < -0.3 is 14.0 Å². The van der Waals surface area contributed by atoms with Gasteiger partial charge in [-0.25, -0.2) is 9.59 Å². The molecule has 1 aromatic rings. The minimum absolute atomic E-state index is 0.322. The van der Waals surface area contributed by atoms with Gasteiger partial charge in [-0.05, 0) is 44.4 Å². The maximum absolute atomic E-state index is 11.7. The molecule has 5 heteroatoms. The van der Waals surface area contributed by atoms with Crippen LogP contribution in [-0.2, 0) is 19.1 Å². The zero-order valence-corrected chi connectivity index (χ0v) is 12.3. The molecule has 0 radical (unpaired) electrons. The van der Waals surface area contributed by atoms with Gasteiger partial charge >= 0.3 is 11.9 Å². The molecule has 1 atom stereocenters. The van der Waals surface area contributed by atoms with Gasteiger partial charge in [0.05, 0.1) is 6.61 Å². The van der Waals surface area contributed by atoms with E-state index in [1.54, 1.807) is 6.08 Å². The van der Waals surface area contributed by atoms with Crippen molar-refractivity contribution in [1.29, 1.82) is 0 Å². The maximum Gasteiger partial charge on any atom is 0.347 e. The Hall–Kier alpha value is -2.04. The molecule has 0 unspecified atom stereocenters. The predicted molar refractivity (Wildman–Crippen MR) is 76.7 cm³/mol. The first-order chi connectivity index (χ1) is 10.1. The van der Waals surface area contributed by atoms with Crippen molar-refractivity contribution >= 4 is 18.0 Å². The van der Waals surface area contributed by atoms with E-state index in [1.165, 1.54) is 30.3 Å². The van der Waals surface area contributed by atoms with E-state index < -0.39 is 18.0 Å². The summed E-state index contributed by atoms with van der Waals surface area (Å²) < 4.78 is 12.2. The largest absolute Gasteiger partial charge is 0.463 e. The van der Waals surface area contributed by atoms with E-state index in [0.29, 0.717) is 19.1 Å². The van der Waals surface area contributed by atoms with E-state index >= 15 is 0 Å². The molecule has 21 heavy (non-hydrogen) atoms. The monoisotopic (exact) mass is 289 g/mol. The lowest BCUT2D eigenvalue weighted by atomic mass is 10.2. The van der Waals surface area contributed by atoms with Gasteiger partial charge in [-0.1, -0.05) is 0 Å². The quantitative estimate of drug-likeness (QED) is 0.630. The first kappa shape index (κ1) is 13.9. The average Bonchev–Trinajstić information content (AvgIpc) is 3.13. The summed E-state index contributed by atoms with van der Waals surface area (Å²) in [6.07, 6.45) is 5.28. The molecule has 5 nitrogen and oxygen atoms in total. The molecule has 0 aromatic carbocycles. The van der Waals surface area contributed by atoms with E-state index in [1.807, 2.05) is 0 Å². The Morgan fingerprint density at radius 3 is 2.76 bits per heavy atom.